The molecular formula is C12H20O3. The van der Waals surface area contributed by atoms with E-state index in [-0.39, 0.29) is 23.1 Å². The maximum absolute atomic E-state index is 11.7. The van der Waals surface area contributed by atoms with Gasteiger partial charge in [0, 0.05) is 18.3 Å². The van der Waals surface area contributed by atoms with Gasteiger partial charge in [-0.05, 0) is 25.7 Å². The Morgan fingerprint density at radius 1 is 1.53 bits per heavy atom. The summed E-state index contributed by atoms with van der Waals surface area (Å²) in [6, 6.07) is 0. The molecule has 0 aromatic rings. The zero-order valence-electron chi connectivity index (χ0n) is 9.84. The average molecular weight is 212 g/mol. The van der Waals surface area contributed by atoms with E-state index in [9.17, 15) is 9.59 Å². The lowest BCUT2D eigenvalue weighted by Crippen LogP contribution is -2.38. The molecule has 0 unspecified atom stereocenters. The van der Waals surface area contributed by atoms with Crippen molar-refractivity contribution in [3.63, 3.8) is 0 Å². The first-order valence-corrected chi connectivity index (χ1v) is 5.67. The van der Waals surface area contributed by atoms with E-state index >= 15 is 0 Å². The maximum atomic E-state index is 11.7. The number of hydrogen-bond acceptors (Lipinski definition) is 3. The summed E-state index contributed by atoms with van der Waals surface area (Å²) in [5.41, 5.74) is -0.356. The van der Waals surface area contributed by atoms with Gasteiger partial charge in [-0.1, -0.05) is 13.8 Å². The molecule has 1 fully saturated rings. The summed E-state index contributed by atoms with van der Waals surface area (Å²) in [7, 11) is 0. The Bertz CT molecular complexity index is 256. The minimum Gasteiger partial charge on any atom is -0.466 e. The van der Waals surface area contributed by atoms with Crippen molar-refractivity contribution in [2.75, 3.05) is 6.61 Å². The first kappa shape index (κ1) is 12.2. The van der Waals surface area contributed by atoms with Crippen molar-refractivity contribution in [1.29, 1.82) is 0 Å². The molecule has 0 spiro atoms. The molecule has 0 aromatic heterocycles. The quantitative estimate of drug-likeness (QED) is 0.674. The summed E-state index contributed by atoms with van der Waals surface area (Å²) in [6.45, 7) is 6.10. The molecule has 0 heterocycles. The van der Waals surface area contributed by atoms with Crippen molar-refractivity contribution in [2.24, 2.45) is 11.3 Å². The van der Waals surface area contributed by atoms with Crippen molar-refractivity contribution < 1.29 is 14.3 Å². The Hall–Kier alpha value is -0.860. The zero-order valence-corrected chi connectivity index (χ0v) is 9.84. The van der Waals surface area contributed by atoms with Gasteiger partial charge in [-0.15, -0.1) is 0 Å². The third-order valence-electron chi connectivity index (χ3n) is 3.41. The summed E-state index contributed by atoms with van der Waals surface area (Å²) in [6.07, 6.45) is 2.91. The molecule has 0 amide bonds. The Balaban J connectivity index is 2.60. The van der Waals surface area contributed by atoms with Gasteiger partial charge in [0.15, 0.2) is 0 Å². The third kappa shape index (κ3) is 2.80. The SMILES string of the molecule is CCOC(=O)C[C@@H]1CCCC(=O)C1(C)C. The van der Waals surface area contributed by atoms with E-state index in [4.69, 9.17) is 4.74 Å². The van der Waals surface area contributed by atoms with Gasteiger partial charge in [0.1, 0.15) is 5.78 Å². The standard InChI is InChI=1S/C12H20O3/c1-4-15-11(14)8-9-6-5-7-10(13)12(9,2)3/h9H,4-8H2,1-3H3/t9-/m0/s1. The molecule has 3 nitrogen and oxygen atoms in total. The summed E-state index contributed by atoms with van der Waals surface area (Å²) in [5.74, 6) is 0.256. The predicted octanol–water partition coefficient (Wildman–Crippen LogP) is 2.33. The molecule has 1 saturated carbocycles. The summed E-state index contributed by atoms with van der Waals surface area (Å²) < 4.78 is 4.92. The lowest BCUT2D eigenvalue weighted by molar-refractivity contribution is -0.147. The largest absolute Gasteiger partial charge is 0.466 e. The van der Waals surface area contributed by atoms with Crippen LogP contribution in [0.15, 0.2) is 0 Å². The maximum Gasteiger partial charge on any atom is 0.306 e. The van der Waals surface area contributed by atoms with Gasteiger partial charge in [0.2, 0.25) is 0 Å². The highest BCUT2D eigenvalue weighted by atomic mass is 16.5. The second-order valence-corrected chi connectivity index (χ2v) is 4.74. The van der Waals surface area contributed by atoms with E-state index in [0.717, 1.165) is 12.8 Å². The third-order valence-corrected chi connectivity index (χ3v) is 3.41. The van der Waals surface area contributed by atoms with Gasteiger partial charge < -0.3 is 4.74 Å². The molecule has 15 heavy (non-hydrogen) atoms. The van der Waals surface area contributed by atoms with Crippen LogP contribution in [0.2, 0.25) is 0 Å². The zero-order chi connectivity index (χ0) is 11.5. The average Bonchev–Trinajstić information content (AvgIpc) is 2.14. The van der Waals surface area contributed by atoms with Crippen LogP contribution < -0.4 is 0 Å². The molecule has 0 aliphatic heterocycles. The van der Waals surface area contributed by atoms with Crippen LogP contribution >= 0.6 is 0 Å². The fraction of sp³-hybridized carbons (Fsp3) is 0.833. The monoisotopic (exact) mass is 212 g/mol. The van der Waals surface area contributed by atoms with Crippen LogP contribution in [0, 0.1) is 11.3 Å². The van der Waals surface area contributed by atoms with Gasteiger partial charge in [0.25, 0.3) is 0 Å². The molecule has 1 aliphatic carbocycles. The number of ether oxygens (including phenoxy) is 1. The van der Waals surface area contributed by atoms with Crippen molar-refractivity contribution in [1.82, 2.24) is 0 Å². The summed E-state index contributed by atoms with van der Waals surface area (Å²) in [5, 5.41) is 0. The van der Waals surface area contributed by atoms with Crippen molar-refractivity contribution in [2.45, 2.75) is 46.5 Å². The van der Waals surface area contributed by atoms with Gasteiger partial charge in [0.05, 0.1) is 6.61 Å². The van der Waals surface area contributed by atoms with Crippen molar-refractivity contribution in [3.8, 4) is 0 Å². The van der Waals surface area contributed by atoms with E-state index in [1.165, 1.54) is 0 Å². The number of hydrogen-bond donors (Lipinski definition) is 0. The molecule has 1 rings (SSSR count). The van der Waals surface area contributed by atoms with Crippen LogP contribution in [0.5, 0.6) is 0 Å². The van der Waals surface area contributed by atoms with E-state index in [0.29, 0.717) is 19.4 Å². The van der Waals surface area contributed by atoms with Gasteiger partial charge in [-0.2, -0.15) is 0 Å². The molecule has 0 bridgehead atoms. The Morgan fingerprint density at radius 2 is 2.20 bits per heavy atom. The van der Waals surface area contributed by atoms with Crippen LogP contribution in [0.3, 0.4) is 0 Å². The summed E-state index contributed by atoms with van der Waals surface area (Å²) >= 11 is 0. The second-order valence-electron chi connectivity index (χ2n) is 4.74. The number of esters is 1. The molecule has 1 aliphatic rings. The van der Waals surface area contributed by atoms with Crippen LogP contribution in [0.4, 0.5) is 0 Å². The van der Waals surface area contributed by atoms with Gasteiger partial charge in [-0.3, -0.25) is 9.59 Å². The minimum absolute atomic E-state index is 0.151. The smallest absolute Gasteiger partial charge is 0.306 e. The predicted molar refractivity (Wildman–Crippen MR) is 57.4 cm³/mol. The van der Waals surface area contributed by atoms with Crippen LogP contribution in [-0.2, 0) is 14.3 Å². The fourth-order valence-electron chi connectivity index (χ4n) is 2.20. The first-order chi connectivity index (χ1) is 6.98. The molecule has 0 saturated heterocycles. The topological polar surface area (TPSA) is 43.4 Å². The normalized spacial score (nSPS) is 25.0. The summed E-state index contributed by atoms with van der Waals surface area (Å²) in [4.78, 5) is 23.1. The molecule has 86 valence electrons. The van der Waals surface area contributed by atoms with E-state index in [2.05, 4.69) is 0 Å². The van der Waals surface area contributed by atoms with E-state index in [1.54, 1.807) is 6.92 Å². The minimum atomic E-state index is -0.356. The Kier molecular flexibility index (Phi) is 3.89. The Labute approximate surface area is 91.2 Å². The molecule has 1 atom stereocenters. The number of carbonyl (C=O) groups excluding carboxylic acids is 2. The lowest BCUT2D eigenvalue weighted by Gasteiger charge is -2.36. The van der Waals surface area contributed by atoms with Gasteiger partial charge >= 0.3 is 5.97 Å². The number of ketones is 1. The molecular weight excluding hydrogens is 192 g/mol. The number of carbonyl (C=O) groups is 2. The highest BCUT2D eigenvalue weighted by Gasteiger charge is 2.40. The molecule has 3 heteroatoms. The molecule has 0 N–H and O–H groups in total. The van der Waals surface area contributed by atoms with E-state index in [1.807, 2.05) is 13.8 Å². The van der Waals surface area contributed by atoms with Crippen molar-refractivity contribution >= 4 is 11.8 Å². The lowest BCUT2D eigenvalue weighted by atomic mass is 9.67. The van der Waals surface area contributed by atoms with Crippen LogP contribution in [-0.4, -0.2) is 18.4 Å². The fourth-order valence-corrected chi connectivity index (χ4v) is 2.20. The van der Waals surface area contributed by atoms with E-state index < -0.39 is 0 Å². The molecule has 0 radical (unpaired) electrons. The van der Waals surface area contributed by atoms with Gasteiger partial charge in [-0.25, -0.2) is 0 Å². The Morgan fingerprint density at radius 3 is 2.80 bits per heavy atom. The highest BCUT2D eigenvalue weighted by molar-refractivity contribution is 5.85. The highest BCUT2D eigenvalue weighted by Crippen LogP contribution is 2.39. The number of rotatable bonds is 3. The van der Waals surface area contributed by atoms with Crippen LogP contribution in [0.1, 0.15) is 46.5 Å². The van der Waals surface area contributed by atoms with Crippen molar-refractivity contribution in [3.05, 3.63) is 0 Å². The molecule has 0 aromatic carbocycles. The van der Waals surface area contributed by atoms with Crippen LogP contribution in [0.25, 0.3) is 0 Å². The second kappa shape index (κ2) is 4.77. The first-order valence-electron chi connectivity index (χ1n) is 5.67. The number of Topliss-reactive ketones (excluding diaryl/α,β-unsaturated/α-hetero) is 1.